The SMILES string of the molecule is CCOc1ccc(C(=O)N2CCCc3cc(C(F)(F)F)ccc32)cc1[N+](=O)[O-]. The van der Waals surface area contributed by atoms with E-state index in [4.69, 9.17) is 4.74 Å². The number of benzene rings is 2. The first kappa shape index (κ1) is 19.7. The third-order valence-corrected chi connectivity index (χ3v) is 4.47. The van der Waals surface area contributed by atoms with Gasteiger partial charge in [-0.1, -0.05) is 0 Å². The Hall–Kier alpha value is -3.10. The van der Waals surface area contributed by atoms with Gasteiger partial charge in [0.05, 0.1) is 17.1 Å². The third kappa shape index (κ3) is 3.78. The van der Waals surface area contributed by atoms with Crippen LogP contribution in [0.5, 0.6) is 5.75 Å². The van der Waals surface area contributed by atoms with Gasteiger partial charge in [0.2, 0.25) is 0 Å². The topological polar surface area (TPSA) is 72.7 Å². The van der Waals surface area contributed by atoms with Crippen LogP contribution >= 0.6 is 0 Å². The summed E-state index contributed by atoms with van der Waals surface area (Å²) < 4.78 is 44.0. The molecule has 9 heteroatoms. The van der Waals surface area contributed by atoms with Gasteiger partial charge >= 0.3 is 11.9 Å². The molecule has 0 atom stereocenters. The minimum absolute atomic E-state index is 0.0536. The van der Waals surface area contributed by atoms with Crippen LogP contribution in [0, 0.1) is 10.1 Å². The molecular formula is C19H17F3N2O4. The number of alkyl halides is 3. The normalized spacial score (nSPS) is 13.8. The second-order valence-corrected chi connectivity index (χ2v) is 6.27. The molecule has 6 nitrogen and oxygen atoms in total. The quantitative estimate of drug-likeness (QED) is 0.561. The van der Waals surface area contributed by atoms with Crippen molar-refractivity contribution in [3.05, 3.63) is 63.2 Å². The number of carbonyl (C=O) groups excluding carboxylic acids is 1. The molecule has 0 aliphatic carbocycles. The van der Waals surface area contributed by atoms with Gasteiger partial charge in [0.15, 0.2) is 5.75 Å². The first-order chi connectivity index (χ1) is 13.2. The summed E-state index contributed by atoms with van der Waals surface area (Å²) in [4.78, 5) is 24.9. The molecule has 0 radical (unpaired) electrons. The van der Waals surface area contributed by atoms with E-state index in [0.29, 0.717) is 30.6 Å². The zero-order valence-corrected chi connectivity index (χ0v) is 15.0. The predicted molar refractivity (Wildman–Crippen MR) is 95.7 cm³/mol. The van der Waals surface area contributed by atoms with Crippen LogP contribution in [0.15, 0.2) is 36.4 Å². The molecule has 148 valence electrons. The van der Waals surface area contributed by atoms with Crippen LogP contribution in [-0.2, 0) is 12.6 Å². The van der Waals surface area contributed by atoms with E-state index >= 15 is 0 Å². The summed E-state index contributed by atoms with van der Waals surface area (Å²) >= 11 is 0. The lowest BCUT2D eigenvalue weighted by Crippen LogP contribution is -2.35. The lowest BCUT2D eigenvalue weighted by Gasteiger charge is -2.30. The fourth-order valence-electron chi connectivity index (χ4n) is 3.21. The van der Waals surface area contributed by atoms with Crippen molar-refractivity contribution in [1.82, 2.24) is 0 Å². The van der Waals surface area contributed by atoms with Gasteiger partial charge in [0, 0.05) is 23.9 Å². The maximum atomic E-state index is 12.9. The summed E-state index contributed by atoms with van der Waals surface area (Å²) in [5, 5.41) is 11.3. The van der Waals surface area contributed by atoms with Crippen LogP contribution < -0.4 is 9.64 Å². The van der Waals surface area contributed by atoms with E-state index in [0.717, 1.165) is 18.2 Å². The van der Waals surface area contributed by atoms with Crippen molar-refractivity contribution in [2.45, 2.75) is 25.9 Å². The number of ether oxygens (including phenoxy) is 1. The summed E-state index contributed by atoms with van der Waals surface area (Å²) in [6.07, 6.45) is -3.54. The van der Waals surface area contributed by atoms with Crippen molar-refractivity contribution in [3.63, 3.8) is 0 Å². The molecule has 0 fully saturated rings. The molecule has 28 heavy (non-hydrogen) atoms. The Bertz CT molecular complexity index is 928. The minimum Gasteiger partial charge on any atom is -0.487 e. The standard InChI is InChI=1S/C19H17F3N2O4/c1-2-28-17-8-5-13(11-16(17)24(26)27)18(25)23-9-3-4-12-10-14(19(20,21)22)6-7-15(12)23/h5-8,10-11H,2-4,9H2,1H3. The number of halogens is 3. The van der Waals surface area contributed by atoms with E-state index in [1.54, 1.807) is 6.92 Å². The van der Waals surface area contributed by atoms with E-state index in [9.17, 15) is 28.1 Å². The molecule has 1 amide bonds. The van der Waals surface area contributed by atoms with Gasteiger partial charge in [0.1, 0.15) is 0 Å². The molecule has 3 rings (SSSR count). The number of aryl methyl sites for hydroxylation is 1. The van der Waals surface area contributed by atoms with E-state index in [1.165, 1.54) is 23.1 Å². The van der Waals surface area contributed by atoms with Crippen LogP contribution in [0.2, 0.25) is 0 Å². The summed E-state index contributed by atoms with van der Waals surface area (Å²) in [5.74, 6) is -0.454. The van der Waals surface area contributed by atoms with Crippen molar-refractivity contribution in [2.24, 2.45) is 0 Å². The van der Waals surface area contributed by atoms with Crippen LogP contribution in [0.1, 0.15) is 34.8 Å². The molecule has 0 unspecified atom stereocenters. The maximum absolute atomic E-state index is 12.9. The van der Waals surface area contributed by atoms with Gasteiger partial charge < -0.3 is 9.64 Å². The molecule has 1 aliphatic heterocycles. The highest BCUT2D eigenvalue weighted by atomic mass is 19.4. The van der Waals surface area contributed by atoms with Gasteiger partial charge in [0.25, 0.3) is 5.91 Å². The number of amides is 1. The van der Waals surface area contributed by atoms with Crippen LogP contribution in [0.4, 0.5) is 24.5 Å². The zero-order valence-electron chi connectivity index (χ0n) is 15.0. The Morgan fingerprint density at radius 2 is 2.00 bits per heavy atom. The highest BCUT2D eigenvalue weighted by molar-refractivity contribution is 6.07. The van der Waals surface area contributed by atoms with E-state index < -0.39 is 22.6 Å². The molecule has 0 aromatic heterocycles. The van der Waals surface area contributed by atoms with E-state index in [-0.39, 0.29) is 23.6 Å². The van der Waals surface area contributed by atoms with Crippen LogP contribution in [0.25, 0.3) is 0 Å². The van der Waals surface area contributed by atoms with Crippen molar-refractivity contribution >= 4 is 17.3 Å². The number of hydrogen-bond donors (Lipinski definition) is 0. The second-order valence-electron chi connectivity index (χ2n) is 6.27. The number of anilines is 1. The van der Waals surface area contributed by atoms with Crippen LogP contribution in [-0.4, -0.2) is 24.0 Å². The fraction of sp³-hybridized carbons (Fsp3) is 0.316. The molecule has 1 aliphatic rings. The minimum atomic E-state index is -4.46. The van der Waals surface area contributed by atoms with E-state index in [2.05, 4.69) is 0 Å². The molecule has 0 saturated carbocycles. The molecule has 0 spiro atoms. The summed E-state index contributed by atoms with van der Waals surface area (Å²) in [7, 11) is 0. The van der Waals surface area contributed by atoms with Gasteiger partial charge in [-0.15, -0.1) is 0 Å². The van der Waals surface area contributed by atoms with E-state index in [1.807, 2.05) is 0 Å². The van der Waals surface area contributed by atoms with Crippen molar-refractivity contribution < 1.29 is 27.6 Å². The summed E-state index contributed by atoms with van der Waals surface area (Å²) in [5.41, 5.74) is -0.215. The van der Waals surface area contributed by atoms with Crippen molar-refractivity contribution in [1.29, 1.82) is 0 Å². The number of hydrogen-bond acceptors (Lipinski definition) is 4. The number of nitro benzene ring substituents is 1. The molecule has 2 aromatic carbocycles. The first-order valence-corrected chi connectivity index (χ1v) is 8.65. The Kier molecular flexibility index (Phi) is 5.26. The number of fused-ring (bicyclic) bond motifs is 1. The molecule has 1 heterocycles. The Morgan fingerprint density at radius 3 is 2.64 bits per heavy atom. The zero-order chi connectivity index (χ0) is 20.5. The number of nitro groups is 1. The van der Waals surface area contributed by atoms with Crippen molar-refractivity contribution in [3.8, 4) is 5.75 Å². The summed E-state index contributed by atoms with van der Waals surface area (Å²) in [6.45, 7) is 2.23. The lowest BCUT2D eigenvalue weighted by atomic mass is 9.98. The average molecular weight is 394 g/mol. The predicted octanol–water partition coefficient (Wildman–Crippen LogP) is 4.61. The molecular weight excluding hydrogens is 377 g/mol. The maximum Gasteiger partial charge on any atom is 0.416 e. The fourth-order valence-corrected chi connectivity index (χ4v) is 3.21. The largest absolute Gasteiger partial charge is 0.487 e. The monoisotopic (exact) mass is 394 g/mol. The lowest BCUT2D eigenvalue weighted by molar-refractivity contribution is -0.385. The molecule has 0 bridgehead atoms. The highest BCUT2D eigenvalue weighted by Crippen LogP contribution is 2.36. The Balaban J connectivity index is 1.96. The Labute approximate surface area is 158 Å². The molecule has 0 N–H and O–H groups in total. The third-order valence-electron chi connectivity index (χ3n) is 4.47. The number of rotatable bonds is 4. The van der Waals surface area contributed by atoms with Gasteiger partial charge in [-0.05, 0) is 55.7 Å². The summed E-state index contributed by atoms with van der Waals surface area (Å²) in [6, 6.07) is 7.16. The smallest absolute Gasteiger partial charge is 0.416 e. The number of nitrogens with zero attached hydrogens (tertiary/aromatic N) is 2. The van der Waals surface area contributed by atoms with Crippen LogP contribution in [0.3, 0.4) is 0 Å². The van der Waals surface area contributed by atoms with Gasteiger partial charge in [-0.2, -0.15) is 13.2 Å². The molecule has 2 aromatic rings. The van der Waals surface area contributed by atoms with Gasteiger partial charge in [-0.25, -0.2) is 0 Å². The first-order valence-electron chi connectivity index (χ1n) is 8.65. The highest BCUT2D eigenvalue weighted by Gasteiger charge is 2.33. The second kappa shape index (κ2) is 7.49. The van der Waals surface area contributed by atoms with Gasteiger partial charge in [-0.3, -0.25) is 14.9 Å². The van der Waals surface area contributed by atoms with Crippen molar-refractivity contribution in [2.75, 3.05) is 18.1 Å². The Morgan fingerprint density at radius 1 is 1.25 bits per heavy atom. The molecule has 0 saturated heterocycles. The number of carbonyl (C=O) groups is 1. The average Bonchev–Trinajstić information content (AvgIpc) is 2.66.